The molecule has 0 aliphatic heterocycles. The predicted molar refractivity (Wildman–Crippen MR) is 91.7 cm³/mol. The molecule has 0 aliphatic rings. The first-order chi connectivity index (χ1) is 11.9. The minimum atomic E-state index is -4.55. The Morgan fingerprint density at radius 2 is 2.08 bits per heavy atom. The van der Waals surface area contributed by atoms with Crippen molar-refractivity contribution in [1.29, 1.82) is 5.26 Å². The molecule has 0 N–H and O–H groups in total. The van der Waals surface area contributed by atoms with Crippen LogP contribution in [0.5, 0.6) is 0 Å². The summed E-state index contributed by atoms with van der Waals surface area (Å²) in [6, 6.07) is 8.41. The standard InChI is InChI=1S/C16H11F3N4S2/c1-10-2-5-14(25-10)11-3-4-12(21-7-11)13-6-15(16(17,18)19)22-23(13)9-24-8-20/h2-7H,9H2,1H3. The normalized spacial score (nSPS) is 11.5. The molecule has 0 bridgehead atoms. The Balaban J connectivity index is 1.97. The molecule has 0 atom stereocenters. The van der Waals surface area contributed by atoms with Crippen LogP contribution < -0.4 is 0 Å². The Hall–Kier alpha value is -2.31. The third-order valence-electron chi connectivity index (χ3n) is 3.37. The monoisotopic (exact) mass is 380 g/mol. The van der Waals surface area contributed by atoms with Crippen molar-refractivity contribution in [3.63, 3.8) is 0 Å². The lowest BCUT2D eigenvalue weighted by atomic mass is 10.2. The van der Waals surface area contributed by atoms with E-state index >= 15 is 0 Å². The van der Waals surface area contributed by atoms with Crippen LogP contribution >= 0.6 is 23.1 Å². The molecule has 128 valence electrons. The SMILES string of the molecule is Cc1ccc(-c2ccc(-c3cc(C(F)(F)F)nn3CSC#N)nc2)s1. The molecule has 9 heteroatoms. The quantitative estimate of drug-likeness (QED) is 0.586. The fourth-order valence-corrected chi connectivity index (χ4v) is 3.47. The molecule has 0 radical (unpaired) electrons. The maximum atomic E-state index is 12.9. The molecule has 3 rings (SSSR count). The Bertz CT molecular complexity index is 920. The van der Waals surface area contributed by atoms with Gasteiger partial charge in [-0.2, -0.15) is 23.5 Å². The lowest BCUT2D eigenvalue weighted by Gasteiger charge is -2.05. The average Bonchev–Trinajstić information content (AvgIpc) is 3.19. The second-order valence-corrected chi connectivity index (χ2v) is 7.14. The van der Waals surface area contributed by atoms with Gasteiger partial charge < -0.3 is 0 Å². The van der Waals surface area contributed by atoms with E-state index < -0.39 is 11.9 Å². The highest BCUT2D eigenvalue weighted by molar-refractivity contribution is 8.02. The Kier molecular flexibility index (Phi) is 4.83. The Labute approximate surface area is 149 Å². The summed E-state index contributed by atoms with van der Waals surface area (Å²) in [6.45, 7) is 2.00. The third kappa shape index (κ3) is 3.86. The van der Waals surface area contributed by atoms with Crippen LogP contribution in [0.4, 0.5) is 13.2 Å². The van der Waals surface area contributed by atoms with Gasteiger partial charge in [0.05, 0.1) is 11.4 Å². The van der Waals surface area contributed by atoms with Gasteiger partial charge in [0.15, 0.2) is 5.69 Å². The topological polar surface area (TPSA) is 54.5 Å². The van der Waals surface area contributed by atoms with Crippen LogP contribution in [-0.2, 0) is 12.1 Å². The zero-order valence-electron chi connectivity index (χ0n) is 12.9. The number of aryl methyl sites for hydroxylation is 1. The number of aromatic nitrogens is 3. The number of pyridine rings is 1. The number of rotatable bonds is 4. The fraction of sp³-hybridized carbons (Fsp3) is 0.188. The number of halogens is 3. The van der Waals surface area contributed by atoms with Gasteiger partial charge in [0.1, 0.15) is 11.3 Å². The van der Waals surface area contributed by atoms with Crippen molar-refractivity contribution in [1.82, 2.24) is 14.8 Å². The first kappa shape index (κ1) is 17.5. The van der Waals surface area contributed by atoms with E-state index in [2.05, 4.69) is 10.1 Å². The van der Waals surface area contributed by atoms with Crippen LogP contribution in [0, 0.1) is 17.6 Å². The summed E-state index contributed by atoms with van der Waals surface area (Å²) in [7, 11) is 0. The fourth-order valence-electron chi connectivity index (χ4n) is 2.23. The number of nitriles is 1. The number of hydrogen-bond acceptors (Lipinski definition) is 5. The van der Waals surface area contributed by atoms with Crippen LogP contribution in [0.15, 0.2) is 36.5 Å². The van der Waals surface area contributed by atoms with Crippen molar-refractivity contribution in [2.24, 2.45) is 0 Å². The van der Waals surface area contributed by atoms with E-state index in [0.29, 0.717) is 5.69 Å². The molecule has 0 fully saturated rings. The van der Waals surface area contributed by atoms with E-state index in [0.717, 1.165) is 33.0 Å². The van der Waals surface area contributed by atoms with Gasteiger partial charge in [-0.15, -0.1) is 11.3 Å². The lowest BCUT2D eigenvalue weighted by Crippen LogP contribution is -2.07. The molecule has 0 saturated carbocycles. The molecular weight excluding hydrogens is 369 g/mol. The van der Waals surface area contributed by atoms with Crippen molar-refractivity contribution in [2.75, 3.05) is 0 Å². The van der Waals surface area contributed by atoms with Crippen LogP contribution in [0.3, 0.4) is 0 Å². The van der Waals surface area contributed by atoms with Gasteiger partial charge >= 0.3 is 6.18 Å². The summed E-state index contributed by atoms with van der Waals surface area (Å²) in [5, 5.41) is 14.0. The highest BCUT2D eigenvalue weighted by Crippen LogP contribution is 2.33. The minimum Gasteiger partial charge on any atom is -0.254 e. The van der Waals surface area contributed by atoms with Gasteiger partial charge in [-0.05, 0) is 49.0 Å². The van der Waals surface area contributed by atoms with Crippen LogP contribution in [0.25, 0.3) is 21.8 Å². The molecule has 3 heterocycles. The van der Waals surface area contributed by atoms with Gasteiger partial charge in [-0.1, -0.05) is 0 Å². The largest absolute Gasteiger partial charge is 0.435 e. The third-order valence-corrected chi connectivity index (χ3v) is 4.93. The number of thioether (sulfide) groups is 1. The molecule has 0 spiro atoms. The lowest BCUT2D eigenvalue weighted by molar-refractivity contribution is -0.141. The maximum Gasteiger partial charge on any atom is 0.435 e. The highest BCUT2D eigenvalue weighted by Gasteiger charge is 2.35. The molecule has 0 unspecified atom stereocenters. The number of alkyl halides is 3. The van der Waals surface area contributed by atoms with Gasteiger partial charge in [0.2, 0.25) is 0 Å². The van der Waals surface area contributed by atoms with E-state index in [-0.39, 0.29) is 11.6 Å². The Morgan fingerprint density at radius 3 is 2.64 bits per heavy atom. The van der Waals surface area contributed by atoms with E-state index in [9.17, 15) is 13.2 Å². The summed E-state index contributed by atoms with van der Waals surface area (Å²) in [6.07, 6.45) is -2.92. The second-order valence-electron chi connectivity index (χ2n) is 5.12. The van der Waals surface area contributed by atoms with E-state index in [4.69, 9.17) is 5.26 Å². The molecule has 0 aliphatic carbocycles. The van der Waals surface area contributed by atoms with Crippen molar-refractivity contribution in [2.45, 2.75) is 19.0 Å². The maximum absolute atomic E-state index is 12.9. The zero-order chi connectivity index (χ0) is 18.0. The van der Waals surface area contributed by atoms with Crippen LogP contribution in [-0.4, -0.2) is 14.8 Å². The van der Waals surface area contributed by atoms with E-state index in [1.807, 2.05) is 30.5 Å². The molecule has 25 heavy (non-hydrogen) atoms. The van der Waals surface area contributed by atoms with E-state index in [1.54, 1.807) is 23.6 Å². The predicted octanol–water partition coefficient (Wildman–Crippen LogP) is 5.17. The molecule has 3 aromatic rings. The summed E-state index contributed by atoms with van der Waals surface area (Å²) in [5.74, 6) is -0.00450. The second kappa shape index (κ2) is 6.90. The first-order valence-corrected chi connectivity index (χ1v) is 8.88. The van der Waals surface area contributed by atoms with E-state index in [1.165, 1.54) is 4.88 Å². The first-order valence-electron chi connectivity index (χ1n) is 7.07. The highest BCUT2D eigenvalue weighted by atomic mass is 32.2. The van der Waals surface area contributed by atoms with Crippen molar-refractivity contribution >= 4 is 23.1 Å². The number of nitrogens with zero attached hydrogens (tertiary/aromatic N) is 4. The van der Waals surface area contributed by atoms with Gasteiger partial charge in [-0.25, -0.2) is 0 Å². The summed E-state index contributed by atoms with van der Waals surface area (Å²) in [5.41, 5.74) is 0.499. The van der Waals surface area contributed by atoms with Crippen molar-refractivity contribution < 1.29 is 13.2 Å². The summed E-state index contributed by atoms with van der Waals surface area (Å²) >= 11 is 2.43. The summed E-state index contributed by atoms with van der Waals surface area (Å²) < 4.78 is 40.0. The van der Waals surface area contributed by atoms with Gasteiger partial charge in [0, 0.05) is 21.5 Å². The summed E-state index contributed by atoms with van der Waals surface area (Å²) in [4.78, 5) is 6.49. The number of thiophene rings is 1. The zero-order valence-corrected chi connectivity index (χ0v) is 14.5. The van der Waals surface area contributed by atoms with Crippen LogP contribution in [0.1, 0.15) is 10.6 Å². The molecule has 4 nitrogen and oxygen atoms in total. The average molecular weight is 380 g/mol. The molecule has 0 saturated heterocycles. The van der Waals surface area contributed by atoms with Crippen LogP contribution in [0.2, 0.25) is 0 Å². The molecule has 3 aromatic heterocycles. The molecule has 0 amide bonds. The Morgan fingerprint density at radius 1 is 1.28 bits per heavy atom. The molecular formula is C16H11F3N4S2. The van der Waals surface area contributed by atoms with Crippen molar-refractivity contribution in [3.8, 4) is 27.2 Å². The van der Waals surface area contributed by atoms with Crippen molar-refractivity contribution in [3.05, 3.63) is 47.1 Å². The number of hydrogen-bond donors (Lipinski definition) is 0. The number of thiocyanates is 1. The van der Waals surface area contributed by atoms with Gasteiger partial charge in [0.25, 0.3) is 0 Å². The minimum absolute atomic E-state index is 0.00450. The smallest absolute Gasteiger partial charge is 0.254 e. The van der Waals surface area contributed by atoms with Gasteiger partial charge in [-0.3, -0.25) is 9.67 Å². The molecule has 0 aromatic carbocycles.